The molecule has 0 aliphatic rings. The Bertz CT molecular complexity index is 483. The molecule has 8 heteroatoms. The average molecular weight is 325 g/mol. The third kappa shape index (κ3) is 14.5. The van der Waals surface area contributed by atoms with Crippen molar-refractivity contribution in [1.29, 1.82) is 10.7 Å². The van der Waals surface area contributed by atoms with Crippen LogP contribution in [-0.2, 0) is 11.2 Å². The van der Waals surface area contributed by atoms with Gasteiger partial charge in [-0.15, -0.1) is 0 Å². The normalized spacial score (nSPS) is 12.3. The van der Waals surface area contributed by atoms with Gasteiger partial charge in [-0.3, -0.25) is 5.41 Å². The number of H-pyrrole nitrogens is 1. The van der Waals surface area contributed by atoms with Crippen LogP contribution in [0.4, 0.5) is 0 Å². The molecule has 1 unspecified atom stereocenters. The summed E-state index contributed by atoms with van der Waals surface area (Å²) in [4.78, 5) is 6.86. The Balaban J connectivity index is 0. The summed E-state index contributed by atoms with van der Waals surface area (Å²) in [5.74, 6) is -1.17. The Morgan fingerprint density at radius 2 is 2.04 bits per heavy atom. The van der Waals surface area contributed by atoms with Crippen molar-refractivity contribution in [2.75, 3.05) is 7.11 Å². The second-order valence-corrected chi connectivity index (χ2v) is 5.12. The predicted molar refractivity (Wildman–Crippen MR) is 90.3 cm³/mol. The molecule has 1 rings (SSSR count). The van der Waals surface area contributed by atoms with Crippen LogP contribution in [-0.4, -0.2) is 46.4 Å². The van der Waals surface area contributed by atoms with E-state index in [-0.39, 0.29) is 6.10 Å². The molecular weight excluding hydrogens is 298 g/mol. The number of amidine groups is 1. The quantitative estimate of drug-likeness (QED) is 0.302. The molecule has 1 atom stereocenters. The lowest BCUT2D eigenvalue weighted by atomic mass is 10.2. The zero-order valence-electron chi connectivity index (χ0n) is 14.1. The van der Waals surface area contributed by atoms with E-state index in [0.29, 0.717) is 5.84 Å². The monoisotopic (exact) mass is 325 g/mol. The molecule has 0 amide bonds. The van der Waals surface area contributed by atoms with Crippen LogP contribution in [0.5, 0.6) is 0 Å². The average Bonchev–Trinajstić information content (AvgIpc) is 2.94. The number of nitrogens with two attached hydrogens (primary N) is 1. The lowest BCUT2D eigenvalue weighted by Crippen LogP contribution is -2.15. The van der Waals surface area contributed by atoms with Gasteiger partial charge in [-0.25, -0.2) is 10.3 Å². The van der Waals surface area contributed by atoms with Gasteiger partial charge in [-0.2, -0.15) is 0 Å². The van der Waals surface area contributed by atoms with Crippen LogP contribution >= 0.6 is 0 Å². The van der Waals surface area contributed by atoms with Gasteiger partial charge < -0.3 is 25.7 Å². The molecular formula is C15H27N5O3. The van der Waals surface area contributed by atoms with Crippen molar-refractivity contribution < 1.29 is 14.9 Å². The number of nitrogens with zero attached hydrogens (tertiary/aromatic N) is 2. The summed E-state index contributed by atoms with van der Waals surface area (Å²) in [5.41, 5.74) is 7.50. The maximum atomic E-state index is 8.08. The van der Waals surface area contributed by atoms with Crippen molar-refractivity contribution in [3.8, 4) is 6.57 Å². The topological polar surface area (TPSA) is 152 Å². The third-order valence-electron chi connectivity index (χ3n) is 2.45. The van der Waals surface area contributed by atoms with Gasteiger partial charge in [0.05, 0.1) is 11.8 Å². The maximum absolute atomic E-state index is 8.08. The number of aliphatic hydroxyl groups is 2. The predicted octanol–water partition coefficient (Wildman–Crippen LogP) is 1.14. The highest BCUT2D eigenvalue weighted by molar-refractivity contribution is 5.99. The Hall–Kier alpha value is -2.21. The van der Waals surface area contributed by atoms with E-state index in [1.165, 1.54) is 13.8 Å². The Labute approximate surface area is 137 Å². The molecule has 8 nitrogen and oxygen atoms in total. The van der Waals surface area contributed by atoms with Crippen molar-refractivity contribution in [1.82, 2.24) is 4.98 Å². The molecule has 130 valence electrons. The number of ether oxygens (including phenoxy) is 1. The molecule has 0 aliphatic heterocycles. The molecule has 0 aliphatic carbocycles. The summed E-state index contributed by atoms with van der Waals surface area (Å²) >= 11 is 0. The minimum absolute atomic E-state index is 0.249. The molecule has 6 N–H and O–H groups in total. The first-order chi connectivity index (χ1) is 10.7. The van der Waals surface area contributed by atoms with Gasteiger partial charge in [0.15, 0.2) is 5.79 Å². The Morgan fingerprint density at radius 1 is 1.52 bits per heavy atom. The van der Waals surface area contributed by atoms with Gasteiger partial charge in [0, 0.05) is 19.4 Å². The number of hydrogen-bond donors (Lipinski definition) is 5. The molecule has 0 saturated carbocycles. The van der Waals surface area contributed by atoms with E-state index in [4.69, 9.17) is 31.4 Å². The van der Waals surface area contributed by atoms with Gasteiger partial charge in [0.2, 0.25) is 0 Å². The number of aliphatic imine (C=N–C) groups is 1. The molecule has 23 heavy (non-hydrogen) atoms. The number of aryl methyl sites for hydroxylation is 1. The second kappa shape index (κ2) is 12.3. The Kier molecular flexibility index (Phi) is 12.4. The number of aromatic nitrogens is 1. The number of nitriles is 1. The minimum atomic E-state index is -1.50. The zero-order valence-corrected chi connectivity index (χ0v) is 14.1. The van der Waals surface area contributed by atoms with E-state index in [1.807, 2.05) is 19.1 Å². The number of nitrogens with one attached hydrogen (secondary N) is 2. The van der Waals surface area contributed by atoms with Gasteiger partial charge in [0.25, 0.3) is 0 Å². The van der Waals surface area contributed by atoms with E-state index < -0.39 is 5.79 Å². The van der Waals surface area contributed by atoms with Crippen LogP contribution < -0.4 is 5.73 Å². The first-order valence-electron chi connectivity index (χ1n) is 6.91. The lowest BCUT2D eigenvalue weighted by Gasteiger charge is -2.07. The fourth-order valence-corrected chi connectivity index (χ4v) is 1.35. The van der Waals surface area contributed by atoms with Gasteiger partial charge in [0.1, 0.15) is 12.2 Å². The van der Waals surface area contributed by atoms with E-state index in [1.54, 1.807) is 7.11 Å². The van der Waals surface area contributed by atoms with Gasteiger partial charge in [-0.05, 0) is 45.7 Å². The molecule has 0 fully saturated rings. The smallest absolute Gasteiger partial charge is 0.156 e. The van der Waals surface area contributed by atoms with Gasteiger partial charge in [-0.1, -0.05) is 0 Å². The molecule has 0 aromatic carbocycles. The highest BCUT2D eigenvalue weighted by Crippen LogP contribution is 2.07. The SMILES string of the molecule is C#N.CC(C)(O)O.COC(C)CCc1ccc(C(N)=NC=N)[nH]1. The highest BCUT2D eigenvalue weighted by atomic mass is 16.5. The third-order valence-corrected chi connectivity index (χ3v) is 2.45. The number of aromatic amines is 1. The summed E-state index contributed by atoms with van der Waals surface area (Å²) in [6, 6.07) is 3.85. The van der Waals surface area contributed by atoms with Crippen molar-refractivity contribution in [2.24, 2.45) is 10.7 Å². The lowest BCUT2D eigenvalue weighted by molar-refractivity contribution is -0.127. The molecule has 0 saturated heterocycles. The van der Waals surface area contributed by atoms with E-state index in [0.717, 1.165) is 30.6 Å². The van der Waals surface area contributed by atoms with Crippen LogP contribution in [0.2, 0.25) is 0 Å². The molecule has 1 aromatic heterocycles. The van der Waals surface area contributed by atoms with Crippen molar-refractivity contribution in [3.63, 3.8) is 0 Å². The molecule has 0 radical (unpaired) electrons. The standard InChI is InChI=1S/C11H18N4O.C3H8O2.CHN/c1-8(16-2)3-4-9-5-6-10(15-9)11(13)14-7-12;1-3(2,4)5;1-2/h5-8,15H,3-4H2,1-2H3,(H3,12,13,14);4-5H,1-2H3;1H. The second-order valence-electron chi connectivity index (χ2n) is 5.12. The Morgan fingerprint density at radius 3 is 2.48 bits per heavy atom. The van der Waals surface area contributed by atoms with Gasteiger partial charge >= 0.3 is 0 Å². The van der Waals surface area contributed by atoms with E-state index >= 15 is 0 Å². The maximum Gasteiger partial charge on any atom is 0.156 e. The fraction of sp³-hybridized carbons (Fsp3) is 0.533. The van der Waals surface area contributed by atoms with Crippen molar-refractivity contribution in [2.45, 2.75) is 45.5 Å². The van der Waals surface area contributed by atoms with Crippen molar-refractivity contribution >= 4 is 12.2 Å². The minimum Gasteiger partial charge on any atom is -0.382 e. The molecule has 0 bridgehead atoms. The summed E-state index contributed by atoms with van der Waals surface area (Å²) in [6.45, 7) is 8.13. The summed E-state index contributed by atoms with van der Waals surface area (Å²) in [6.07, 6.45) is 3.05. The number of hydrogen-bond acceptors (Lipinski definition) is 5. The molecule has 1 heterocycles. The van der Waals surface area contributed by atoms with E-state index in [2.05, 4.69) is 16.5 Å². The van der Waals surface area contributed by atoms with Crippen LogP contribution in [0.25, 0.3) is 0 Å². The molecule has 0 spiro atoms. The highest BCUT2D eigenvalue weighted by Gasteiger charge is 2.04. The zero-order chi connectivity index (χ0) is 18.5. The first kappa shape index (κ1) is 23.1. The first-order valence-corrected chi connectivity index (χ1v) is 6.91. The summed E-state index contributed by atoms with van der Waals surface area (Å²) in [7, 11) is 1.71. The largest absolute Gasteiger partial charge is 0.382 e. The summed E-state index contributed by atoms with van der Waals surface area (Å²) < 4.78 is 5.17. The van der Waals surface area contributed by atoms with Crippen LogP contribution in [0, 0.1) is 17.2 Å². The van der Waals surface area contributed by atoms with Crippen molar-refractivity contribution in [3.05, 3.63) is 23.5 Å². The van der Waals surface area contributed by atoms with Crippen LogP contribution in [0.1, 0.15) is 38.6 Å². The van der Waals surface area contributed by atoms with Crippen LogP contribution in [0.3, 0.4) is 0 Å². The molecule has 1 aromatic rings. The fourth-order valence-electron chi connectivity index (χ4n) is 1.35. The van der Waals surface area contributed by atoms with E-state index in [9.17, 15) is 0 Å². The van der Waals surface area contributed by atoms with Crippen LogP contribution in [0.15, 0.2) is 17.1 Å². The number of rotatable bonds is 6. The summed E-state index contributed by atoms with van der Waals surface area (Å²) in [5, 5.41) is 29.5. The number of methoxy groups -OCH3 is 1.